The second kappa shape index (κ2) is 7.15. The van der Waals surface area contributed by atoms with Gasteiger partial charge in [0, 0.05) is 16.5 Å². The van der Waals surface area contributed by atoms with Crippen LogP contribution in [0.5, 0.6) is 0 Å². The summed E-state index contributed by atoms with van der Waals surface area (Å²) in [7, 11) is 0. The summed E-state index contributed by atoms with van der Waals surface area (Å²) in [6, 6.07) is 27.5. The number of benzene rings is 4. The van der Waals surface area contributed by atoms with Gasteiger partial charge in [-0.2, -0.15) is 0 Å². The Bertz CT molecular complexity index is 1480. The number of hydrogen-bond acceptors (Lipinski definition) is 2. The van der Waals surface area contributed by atoms with E-state index >= 15 is 0 Å². The van der Waals surface area contributed by atoms with Gasteiger partial charge in [-0.05, 0) is 47.5 Å². The molecule has 0 saturated carbocycles. The number of para-hydroxylation sites is 2. The van der Waals surface area contributed by atoms with Crippen LogP contribution in [0, 0.1) is 0 Å². The molecule has 0 saturated heterocycles. The Labute approximate surface area is 177 Å². The van der Waals surface area contributed by atoms with Gasteiger partial charge in [-0.3, -0.25) is 0 Å². The van der Waals surface area contributed by atoms with Crippen LogP contribution < -0.4 is 0 Å². The highest BCUT2D eigenvalue weighted by molar-refractivity contribution is 6.14. The van der Waals surface area contributed by atoms with Gasteiger partial charge in [-0.15, -0.1) is 0 Å². The molecule has 0 aliphatic carbocycles. The van der Waals surface area contributed by atoms with E-state index in [1.807, 2.05) is 59.2 Å². The first-order valence-corrected chi connectivity index (χ1v) is 9.75. The molecule has 4 aromatic carbocycles. The van der Waals surface area contributed by atoms with Crippen molar-refractivity contribution in [2.24, 2.45) is 0 Å². The van der Waals surface area contributed by atoms with E-state index in [-0.39, 0.29) is 11.1 Å². The van der Waals surface area contributed by atoms with Gasteiger partial charge in [0.25, 0.3) is 0 Å². The summed E-state index contributed by atoms with van der Waals surface area (Å²) < 4.78 is 2.03. The Balaban J connectivity index is 1.94. The van der Waals surface area contributed by atoms with Crippen LogP contribution in [-0.2, 0) is 0 Å². The van der Waals surface area contributed by atoms with E-state index in [1.165, 1.54) is 6.07 Å². The van der Waals surface area contributed by atoms with E-state index in [9.17, 15) is 19.8 Å². The lowest BCUT2D eigenvalue weighted by molar-refractivity contribution is 0.0684. The molecule has 0 bridgehead atoms. The van der Waals surface area contributed by atoms with Crippen molar-refractivity contribution in [2.75, 3.05) is 0 Å². The average molecular weight is 407 g/mol. The monoisotopic (exact) mass is 407 g/mol. The zero-order chi connectivity index (χ0) is 21.5. The van der Waals surface area contributed by atoms with Crippen molar-refractivity contribution in [3.63, 3.8) is 0 Å². The zero-order valence-electron chi connectivity index (χ0n) is 16.3. The summed E-state index contributed by atoms with van der Waals surface area (Å²) in [4.78, 5) is 24.0. The summed E-state index contributed by atoms with van der Waals surface area (Å²) in [5.74, 6) is -2.21. The van der Waals surface area contributed by atoms with Gasteiger partial charge < -0.3 is 14.8 Å². The number of nitrogens with zero attached hydrogens (tertiary/aromatic N) is 1. The highest BCUT2D eigenvalue weighted by atomic mass is 16.4. The Morgan fingerprint density at radius 2 is 1.23 bits per heavy atom. The molecule has 5 heteroatoms. The average Bonchev–Trinajstić information content (AvgIpc) is 3.12. The lowest BCUT2D eigenvalue weighted by Crippen LogP contribution is -2.05. The summed E-state index contributed by atoms with van der Waals surface area (Å²) in [6.45, 7) is 0. The first-order chi connectivity index (χ1) is 15.1. The predicted octanol–water partition coefficient (Wildman–Crippen LogP) is 5.85. The van der Waals surface area contributed by atoms with Crippen LogP contribution >= 0.6 is 0 Å². The van der Waals surface area contributed by atoms with Crippen LogP contribution in [0.15, 0.2) is 91.0 Å². The van der Waals surface area contributed by atoms with Crippen LogP contribution in [-0.4, -0.2) is 26.7 Å². The van der Waals surface area contributed by atoms with Crippen molar-refractivity contribution in [2.45, 2.75) is 0 Å². The SMILES string of the molecule is O=C(O)c1ccccc1-c1cc2c3ccccc3n(-c3ccccc3)c2cc1C(=O)O. The standard InChI is InChI=1S/C26H17NO4/c28-25(29)19-12-5-4-10-17(19)20-14-21-18-11-6-7-13-23(18)27(16-8-2-1-3-9-16)24(21)15-22(20)26(30)31/h1-15H,(H,28,29)(H,30,31). The van der Waals surface area contributed by atoms with E-state index in [0.29, 0.717) is 11.1 Å². The van der Waals surface area contributed by atoms with Crippen molar-refractivity contribution in [1.82, 2.24) is 4.57 Å². The number of aromatic carboxylic acids is 2. The Morgan fingerprint density at radius 3 is 1.97 bits per heavy atom. The quantitative estimate of drug-likeness (QED) is 0.392. The van der Waals surface area contributed by atoms with Gasteiger partial charge in [0.2, 0.25) is 0 Å². The van der Waals surface area contributed by atoms with Gasteiger partial charge >= 0.3 is 11.9 Å². The second-order valence-corrected chi connectivity index (χ2v) is 7.26. The molecule has 0 atom stereocenters. The molecule has 0 aliphatic heterocycles. The van der Waals surface area contributed by atoms with Crippen LogP contribution in [0.3, 0.4) is 0 Å². The second-order valence-electron chi connectivity index (χ2n) is 7.26. The van der Waals surface area contributed by atoms with Crippen molar-refractivity contribution >= 4 is 33.7 Å². The van der Waals surface area contributed by atoms with Crippen LogP contribution in [0.25, 0.3) is 38.6 Å². The maximum Gasteiger partial charge on any atom is 0.336 e. The van der Waals surface area contributed by atoms with Crippen molar-refractivity contribution < 1.29 is 19.8 Å². The van der Waals surface area contributed by atoms with Gasteiger partial charge in [-0.25, -0.2) is 9.59 Å². The molecule has 1 aromatic heterocycles. The molecular formula is C26H17NO4. The zero-order valence-corrected chi connectivity index (χ0v) is 16.3. The molecule has 150 valence electrons. The fourth-order valence-electron chi connectivity index (χ4n) is 4.17. The Morgan fingerprint density at radius 1 is 0.581 bits per heavy atom. The highest BCUT2D eigenvalue weighted by Crippen LogP contribution is 2.37. The van der Waals surface area contributed by atoms with Gasteiger partial charge in [0.15, 0.2) is 0 Å². The summed E-state index contributed by atoms with van der Waals surface area (Å²) in [6.07, 6.45) is 0. The van der Waals surface area contributed by atoms with Crippen LogP contribution in [0.1, 0.15) is 20.7 Å². The number of carbonyl (C=O) groups is 2. The van der Waals surface area contributed by atoms with Gasteiger partial charge in [0.05, 0.1) is 22.2 Å². The highest BCUT2D eigenvalue weighted by Gasteiger charge is 2.21. The van der Waals surface area contributed by atoms with E-state index in [4.69, 9.17) is 0 Å². The number of hydrogen-bond donors (Lipinski definition) is 2. The van der Waals surface area contributed by atoms with E-state index in [1.54, 1.807) is 30.3 Å². The smallest absolute Gasteiger partial charge is 0.336 e. The Hall–Kier alpha value is -4.38. The lowest BCUT2D eigenvalue weighted by atomic mass is 9.93. The minimum atomic E-state index is -1.11. The number of carboxylic acids is 2. The van der Waals surface area contributed by atoms with E-state index in [0.717, 1.165) is 27.5 Å². The summed E-state index contributed by atoms with van der Waals surface area (Å²) >= 11 is 0. The van der Waals surface area contributed by atoms with Gasteiger partial charge in [0.1, 0.15) is 0 Å². The van der Waals surface area contributed by atoms with Crippen LogP contribution in [0.2, 0.25) is 0 Å². The molecule has 0 amide bonds. The third-order valence-electron chi connectivity index (χ3n) is 5.50. The summed E-state index contributed by atoms with van der Waals surface area (Å²) in [5.41, 5.74) is 3.51. The third-order valence-corrected chi connectivity index (χ3v) is 5.50. The van der Waals surface area contributed by atoms with Crippen LogP contribution in [0.4, 0.5) is 0 Å². The molecule has 5 rings (SSSR count). The topological polar surface area (TPSA) is 79.5 Å². The van der Waals surface area contributed by atoms with Crippen molar-refractivity contribution in [3.05, 3.63) is 102 Å². The predicted molar refractivity (Wildman–Crippen MR) is 120 cm³/mol. The molecule has 5 nitrogen and oxygen atoms in total. The minimum Gasteiger partial charge on any atom is -0.478 e. The van der Waals surface area contributed by atoms with E-state index in [2.05, 4.69) is 0 Å². The molecule has 0 unspecified atom stereocenters. The third kappa shape index (κ3) is 2.95. The molecule has 0 spiro atoms. The fourth-order valence-corrected chi connectivity index (χ4v) is 4.17. The molecule has 0 aliphatic rings. The maximum atomic E-state index is 12.2. The molecule has 0 radical (unpaired) electrons. The molecule has 5 aromatic rings. The minimum absolute atomic E-state index is 0.0567. The molecule has 2 N–H and O–H groups in total. The van der Waals surface area contributed by atoms with E-state index < -0.39 is 11.9 Å². The number of rotatable bonds is 4. The molecule has 31 heavy (non-hydrogen) atoms. The largest absolute Gasteiger partial charge is 0.478 e. The number of aromatic nitrogens is 1. The van der Waals surface area contributed by atoms with Gasteiger partial charge in [-0.1, -0.05) is 54.6 Å². The van der Waals surface area contributed by atoms with Crippen molar-refractivity contribution in [1.29, 1.82) is 0 Å². The number of fused-ring (bicyclic) bond motifs is 3. The normalized spacial score (nSPS) is 11.1. The molecule has 1 heterocycles. The fraction of sp³-hybridized carbons (Fsp3) is 0. The maximum absolute atomic E-state index is 12.2. The van der Waals surface area contributed by atoms with Crippen molar-refractivity contribution in [3.8, 4) is 16.8 Å². The number of carboxylic acid groups (broad SMARTS) is 2. The Kier molecular flexibility index (Phi) is 4.30. The first kappa shape index (κ1) is 18.6. The molecule has 0 fully saturated rings. The first-order valence-electron chi connectivity index (χ1n) is 9.75. The summed E-state index contributed by atoms with van der Waals surface area (Å²) in [5, 5.41) is 21.5. The lowest BCUT2D eigenvalue weighted by Gasteiger charge is -2.12. The molecular weight excluding hydrogens is 390 g/mol.